The molecule has 0 saturated heterocycles. The number of pyridine rings is 1. The van der Waals surface area contributed by atoms with Gasteiger partial charge in [-0.2, -0.15) is 0 Å². The minimum absolute atomic E-state index is 0.716. The first kappa shape index (κ1) is 10.8. The molecule has 0 fully saturated rings. The Balaban J connectivity index is 2.11. The number of nitrogens with zero attached hydrogens (tertiary/aromatic N) is 1. The Morgan fingerprint density at radius 2 is 1.88 bits per heavy atom. The van der Waals surface area contributed by atoms with Crippen molar-refractivity contribution in [2.75, 3.05) is 12.4 Å². The molecule has 0 amide bonds. The molecule has 0 spiro atoms. The molecule has 0 radical (unpaired) electrons. The van der Waals surface area contributed by atoms with Gasteiger partial charge in [-0.05, 0) is 36.4 Å². The lowest BCUT2D eigenvalue weighted by Crippen LogP contribution is -1.93. The highest BCUT2D eigenvalue weighted by atomic mass is 35.5. The van der Waals surface area contributed by atoms with Gasteiger partial charge < -0.3 is 10.1 Å². The third-order valence-corrected chi connectivity index (χ3v) is 2.34. The Labute approximate surface area is 99.0 Å². The quantitative estimate of drug-likeness (QED) is 0.883. The number of benzene rings is 1. The fraction of sp³-hybridized carbons (Fsp3) is 0.0833. The van der Waals surface area contributed by atoms with Crippen LogP contribution in [0.2, 0.25) is 5.02 Å². The second-order valence-corrected chi connectivity index (χ2v) is 3.65. The maximum atomic E-state index is 5.79. The lowest BCUT2D eigenvalue weighted by Gasteiger charge is -2.06. The van der Waals surface area contributed by atoms with E-state index in [1.54, 1.807) is 13.3 Å². The van der Waals surface area contributed by atoms with Crippen LogP contribution >= 0.6 is 11.6 Å². The summed E-state index contributed by atoms with van der Waals surface area (Å²) in [4.78, 5) is 4.20. The van der Waals surface area contributed by atoms with Crippen LogP contribution in [0.25, 0.3) is 0 Å². The Hall–Kier alpha value is -1.74. The zero-order valence-corrected chi connectivity index (χ0v) is 9.53. The minimum Gasteiger partial charge on any atom is -0.495 e. The van der Waals surface area contributed by atoms with Gasteiger partial charge in [-0.15, -0.1) is 0 Å². The van der Waals surface area contributed by atoms with Crippen LogP contribution in [0.4, 0.5) is 11.5 Å². The van der Waals surface area contributed by atoms with E-state index in [4.69, 9.17) is 16.3 Å². The lowest BCUT2D eigenvalue weighted by molar-refractivity contribution is 0.413. The van der Waals surface area contributed by atoms with E-state index in [-0.39, 0.29) is 0 Å². The maximum absolute atomic E-state index is 5.79. The fourth-order valence-corrected chi connectivity index (χ4v) is 1.38. The Kier molecular flexibility index (Phi) is 3.27. The topological polar surface area (TPSA) is 34.1 Å². The SMILES string of the molecule is COc1ccc(Nc2ccc(Cl)cc2)nc1. The van der Waals surface area contributed by atoms with Gasteiger partial charge in [-0.25, -0.2) is 4.98 Å². The molecule has 1 heterocycles. The summed E-state index contributed by atoms with van der Waals surface area (Å²) < 4.78 is 5.03. The van der Waals surface area contributed by atoms with Crippen molar-refractivity contribution in [2.45, 2.75) is 0 Å². The van der Waals surface area contributed by atoms with Crippen molar-refractivity contribution in [2.24, 2.45) is 0 Å². The van der Waals surface area contributed by atoms with Crippen LogP contribution in [-0.4, -0.2) is 12.1 Å². The van der Waals surface area contributed by atoms with Crippen molar-refractivity contribution in [3.63, 3.8) is 0 Å². The first-order chi connectivity index (χ1) is 7.78. The lowest BCUT2D eigenvalue weighted by atomic mass is 10.3. The van der Waals surface area contributed by atoms with Gasteiger partial charge in [0.1, 0.15) is 11.6 Å². The van der Waals surface area contributed by atoms with Gasteiger partial charge in [0.15, 0.2) is 0 Å². The van der Waals surface area contributed by atoms with E-state index in [2.05, 4.69) is 10.3 Å². The summed E-state index contributed by atoms with van der Waals surface area (Å²) in [6, 6.07) is 11.2. The minimum atomic E-state index is 0.716. The summed E-state index contributed by atoms with van der Waals surface area (Å²) in [5.41, 5.74) is 0.946. The average molecular weight is 235 g/mol. The summed E-state index contributed by atoms with van der Waals surface area (Å²) in [7, 11) is 1.61. The predicted octanol–water partition coefficient (Wildman–Crippen LogP) is 3.49. The molecule has 4 heteroatoms. The van der Waals surface area contributed by atoms with E-state index in [1.807, 2.05) is 36.4 Å². The van der Waals surface area contributed by atoms with Gasteiger partial charge >= 0.3 is 0 Å². The molecule has 0 bridgehead atoms. The van der Waals surface area contributed by atoms with Crippen molar-refractivity contribution >= 4 is 23.1 Å². The summed E-state index contributed by atoms with van der Waals surface area (Å²) in [5, 5.41) is 3.87. The first-order valence-corrected chi connectivity index (χ1v) is 5.18. The Morgan fingerprint density at radius 3 is 2.44 bits per heavy atom. The number of hydrogen-bond donors (Lipinski definition) is 1. The number of halogens is 1. The van der Waals surface area contributed by atoms with Gasteiger partial charge in [-0.3, -0.25) is 0 Å². The summed E-state index contributed by atoms with van der Waals surface area (Å²) in [5.74, 6) is 1.50. The number of nitrogens with one attached hydrogen (secondary N) is 1. The fourth-order valence-electron chi connectivity index (χ4n) is 1.26. The number of hydrogen-bond acceptors (Lipinski definition) is 3. The van der Waals surface area contributed by atoms with Crippen LogP contribution in [0.15, 0.2) is 42.6 Å². The zero-order valence-electron chi connectivity index (χ0n) is 8.77. The molecule has 2 aromatic rings. The highest BCUT2D eigenvalue weighted by Gasteiger charge is 1.96. The Morgan fingerprint density at radius 1 is 1.12 bits per heavy atom. The molecule has 0 saturated carbocycles. The van der Waals surface area contributed by atoms with Crippen molar-refractivity contribution in [1.29, 1.82) is 0 Å². The van der Waals surface area contributed by atoms with Gasteiger partial charge in [-0.1, -0.05) is 11.6 Å². The largest absolute Gasteiger partial charge is 0.495 e. The van der Waals surface area contributed by atoms with Gasteiger partial charge in [0.25, 0.3) is 0 Å². The summed E-state index contributed by atoms with van der Waals surface area (Å²) >= 11 is 5.79. The van der Waals surface area contributed by atoms with E-state index in [0.717, 1.165) is 17.3 Å². The predicted molar refractivity (Wildman–Crippen MR) is 65.5 cm³/mol. The van der Waals surface area contributed by atoms with Crippen molar-refractivity contribution < 1.29 is 4.74 Å². The van der Waals surface area contributed by atoms with Crippen LogP contribution in [0.5, 0.6) is 5.75 Å². The summed E-state index contributed by atoms with van der Waals surface area (Å²) in [6.07, 6.45) is 1.66. The third-order valence-electron chi connectivity index (χ3n) is 2.09. The van der Waals surface area contributed by atoms with Crippen LogP contribution in [-0.2, 0) is 0 Å². The van der Waals surface area contributed by atoms with Crippen LogP contribution in [0, 0.1) is 0 Å². The molecule has 2 rings (SSSR count). The normalized spacial score (nSPS) is 9.88. The number of aromatic nitrogens is 1. The third kappa shape index (κ3) is 2.64. The molecular formula is C12H11ClN2O. The van der Waals surface area contributed by atoms with E-state index >= 15 is 0 Å². The first-order valence-electron chi connectivity index (χ1n) is 4.80. The molecule has 0 atom stereocenters. The molecule has 0 unspecified atom stereocenters. The average Bonchev–Trinajstić information content (AvgIpc) is 2.33. The van der Waals surface area contributed by atoms with Crippen molar-refractivity contribution in [3.05, 3.63) is 47.6 Å². The zero-order chi connectivity index (χ0) is 11.4. The van der Waals surface area contributed by atoms with E-state index in [0.29, 0.717) is 5.02 Å². The van der Waals surface area contributed by atoms with Crippen molar-refractivity contribution in [3.8, 4) is 5.75 Å². The Bertz CT molecular complexity index is 453. The number of anilines is 2. The number of methoxy groups -OCH3 is 1. The van der Waals surface area contributed by atoms with Crippen LogP contribution in [0.1, 0.15) is 0 Å². The smallest absolute Gasteiger partial charge is 0.137 e. The highest BCUT2D eigenvalue weighted by molar-refractivity contribution is 6.30. The molecule has 0 aliphatic rings. The molecule has 1 aromatic heterocycles. The van der Waals surface area contributed by atoms with Gasteiger partial charge in [0, 0.05) is 10.7 Å². The molecule has 0 aliphatic heterocycles. The van der Waals surface area contributed by atoms with Gasteiger partial charge in [0.05, 0.1) is 13.3 Å². The summed E-state index contributed by atoms with van der Waals surface area (Å²) in [6.45, 7) is 0. The second kappa shape index (κ2) is 4.86. The van der Waals surface area contributed by atoms with Crippen LogP contribution in [0.3, 0.4) is 0 Å². The standard InChI is InChI=1S/C12H11ClN2O/c1-16-11-6-7-12(14-8-11)15-10-4-2-9(13)3-5-10/h2-8H,1H3,(H,14,15). The number of ether oxygens (including phenoxy) is 1. The second-order valence-electron chi connectivity index (χ2n) is 3.22. The van der Waals surface area contributed by atoms with Crippen LogP contribution < -0.4 is 10.1 Å². The van der Waals surface area contributed by atoms with E-state index in [9.17, 15) is 0 Å². The molecule has 3 nitrogen and oxygen atoms in total. The molecule has 1 N–H and O–H groups in total. The number of rotatable bonds is 3. The highest BCUT2D eigenvalue weighted by Crippen LogP contribution is 2.18. The van der Waals surface area contributed by atoms with E-state index in [1.165, 1.54) is 0 Å². The molecule has 1 aromatic carbocycles. The molecular weight excluding hydrogens is 224 g/mol. The maximum Gasteiger partial charge on any atom is 0.137 e. The van der Waals surface area contributed by atoms with Gasteiger partial charge in [0.2, 0.25) is 0 Å². The van der Waals surface area contributed by atoms with E-state index < -0.39 is 0 Å². The molecule has 82 valence electrons. The van der Waals surface area contributed by atoms with Crippen molar-refractivity contribution in [1.82, 2.24) is 4.98 Å². The molecule has 0 aliphatic carbocycles. The monoisotopic (exact) mass is 234 g/mol. The molecule has 16 heavy (non-hydrogen) atoms.